The number of rotatable bonds is 5. The van der Waals surface area contributed by atoms with E-state index in [0.29, 0.717) is 17.9 Å². The lowest BCUT2D eigenvalue weighted by molar-refractivity contribution is 0.442. The van der Waals surface area contributed by atoms with E-state index >= 15 is 0 Å². The Morgan fingerprint density at radius 1 is 1.44 bits per heavy atom. The lowest BCUT2D eigenvalue weighted by Gasteiger charge is -2.13. The van der Waals surface area contributed by atoms with Crippen LogP contribution in [-0.2, 0) is 17.3 Å². The summed E-state index contributed by atoms with van der Waals surface area (Å²) in [5.74, 6) is 0.694. The maximum atomic E-state index is 11.0. The van der Waals surface area contributed by atoms with Gasteiger partial charge in [-0.25, -0.2) is 0 Å². The number of nitrogens with one attached hydrogen (secondary N) is 1. The summed E-state index contributed by atoms with van der Waals surface area (Å²) in [5.41, 5.74) is 0.714. The Balaban J connectivity index is 2.51. The maximum absolute atomic E-state index is 11.0. The van der Waals surface area contributed by atoms with Gasteiger partial charge in [-0.1, -0.05) is 6.07 Å². The van der Waals surface area contributed by atoms with Crippen molar-refractivity contribution < 1.29 is 14.4 Å². The van der Waals surface area contributed by atoms with E-state index < -0.39 is 10.8 Å². The van der Waals surface area contributed by atoms with E-state index in [1.165, 1.54) is 12.1 Å². The third-order valence-corrected chi connectivity index (χ3v) is 3.16. The first kappa shape index (κ1) is 13.0. The van der Waals surface area contributed by atoms with Crippen LogP contribution in [0, 0.1) is 0 Å². The van der Waals surface area contributed by atoms with Gasteiger partial charge in [-0.2, -0.15) is 0 Å². The lowest BCUT2D eigenvalue weighted by atomic mass is 10.2. The maximum Gasteiger partial charge on any atom is 0.123 e. The first-order valence-electron chi connectivity index (χ1n) is 5.03. The van der Waals surface area contributed by atoms with Gasteiger partial charge in [-0.05, 0) is 13.0 Å². The van der Waals surface area contributed by atoms with Crippen molar-refractivity contribution in [2.75, 3.05) is 12.0 Å². The molecule has 1 rings (SSSR count). The summed E-state index contributed by atoms with van der Waals surface area (Å²) in [6, 6.07) is 4.62. The van der Waals surface area contributed by atoms with Crippen molar-refractivity contribution in [3.8, 4) is 11.5 Å². The van der Waals surface area contributed by atoms with E-state index in [2.05, 4.69) is 5.32 Å². The first-order valence-corrected chi connectivity index (χ1v) is 6.76. The summed E-state index contributed by atoms with van der Waals surface area (Å²) in [5, 5.41) is 21.8. The van der Waals surface area contributed by atoms with Crippen LogP contribution in [-0.4, -0.2) is 32.5 Å². The zero-order valence-corrected chi connectivity index (χ0v) is 10.3. The minimum atomic E-state index is -0.828. The standard InChI is InChI=1S/C11H17NO3S/c1-8(7-16(2)15)12-6-9-3-4-10(13)5-11(9)14/h3-5,8,12-14H,6-7H2,1-2H3. The summed E-state index contributed by atoms with van der Waals surface area (Å²) in [4.78, 5) is 0. The zero-order chi connectivity index (χ0) is 12.1. The van der Waals surface area contributed by atoms with Gasteiger partial charge in [0.05, 0.1) is 0 Å². The van der Waals surface area contributed by atoms with Crippen molar-refractivity contribution in [2.24, 2.45) is 0 Å². The molecule has 4 nitrogen and oxygen atoms in total. The van der Waals surface area contributed by atoms with Gasteiger partial charge in [-0.3, -0.25) is 4.21 Å². The van der Waals surface area contributed by atoms with Gasteiger partial charge in [0.1, 0.15) is 11.5 Å². The molecule has 0 amide bonds. The Labute approximate surface area is 97.8 Å². The van der Waals surface area contributed by atoms with Crippen LogP contribution in [0.2, 0.25) is 0 Å². The van der Waals surface area contributed by atoms with E-state index in [9.17, 15) is 9.32 Å². The molecule has 0 spiro atoms. The average Bonchev–Trinajstić information content (AvgIpc) is 2.15. The number of aromatic hydroxyl groups is 2. The van der Waals surface area contributed by atoms with Crippen LogP contribution in [0.15, 0.2) is 18.2 Å². The van der Waals surface area contributed by atoms with E-state index in [-0.39, 0.29) is 17.5 Å². The van der Waals surface area contributed by atoms with Crippen LogP contribution in [0.4, 0.5) is 0 Å². The Morgan fingerprint density at radius 3 is 2.69 bits per heavy atom. The molecule has 0 heterocycles. The Morgan fingerprint density at radius 2 is 2.12 bits per heavy atom. The van der Waals surface area contributed by atoms with Crippen molar-refractivity contribution in [2.45, 2.75) is 19.5 Å². The molecule has 5 heteroatoms. The van der Waals surface area contributed by atoms with E-state index in [4.69, 9.17) is 5.11 Å². The number of hydrogen-bond donors (Lipinski definition) is 3. The summed E-state index contributed by atoms with van der Waals surface area (Å²) in [6.07, 6.45) is 1.66. The van der Waals surface area contributed by atoms with Crippen LogP contribution in [0.5, 0.6) is 11.5 Å². The Hall–Kier alpha value is -1.07. The third kappa shape index (κ3) is 4.20. The SMILES string of the molecule is CC(CS(C)=O)NCc1ccc(O)cc1O. The first-order chi connectivity index (χ1) is 7.49. The van der Waals surface area contributed by atoms with Gasteiger partial charge in [-0.15, -0.1) is 0 Å². The molecule has 0 saturated carbocycles. The van der Waals surface area contributed by atoms with Crippen molar-refractivity contribution in [1.29, 1.82) is 0 Å². The van der Waals surface area contributed by atoms with E-state index in [0.717, 1.165) is 0 Å². The molecule has 2 atom stereocenters. The topological polar surface area (TPSA) is 69.6 Å². The molecule has 0 aliphatic carbocycles. The predicted molar refractivity (Wildman–Crippen MR) is 65.0 cm³/mol. The van der Waals surface area contributed by atoms with Crippen LogP contribution in [0.1, 0.15) is 12.5 Å². The molecule has 16 heavy (non-hydrogen) atoms. The number of benzene rings is 1. The molecule has 0 fully saturated rings. The monoisotopic (exact) mass is 243 g/mol. The molecular weight excluding hydrogens is 226 g/mol. The highest BCUT2D eigenvalue weighted by atomic mass is 32.2. The molecule has 0 aliphatic rings. The van der Waals surface area contributed by atoms with Crippen LogP contribution >= 0.6 is 0 Å². The highest BCUT2D eigenvalue weighted by molar-refractivity contribution is 7.84. The summed E-state index contributed by atoms with van der Waals surface area (Å²) in [6.45, 7) is 2.43. The van der Waals surface area contributed by atoms with Crippen LogP contribution in [0.25, 0.3) is 0 Å². The molecule has 0 saturated heterocycles. The summed E-state index contributed by atoms with van der Waals surface area (Å²) < 4.78 is 11.0. The molecule has 3 N–H and O–H groups in total. The highest BCUT2D eigenvalue weighted by Crippen LogP contribution is 2.22. The quantitative estimate of drug-likeness (QED) is 0.720. The van der Waals surface area contributed by atoms with Gasteiger partial charge in [0, 0.05) is 47.0 Å². The minimum absolute atomic E-state index is 0.0453. The fourth-order valence-corrected chi connectivity index (χ4v) is 2.22. The molecule has 0 bridgehead atoms. The van der Waals surface area contributed by atoms with Gasteiger partial charge in [0.2, 0.25) is 0 Å². The highest BCUT2D eigenvalue weighted by Gasteiger charge is 2.06. The van der Waals surface area contributed by atoms with Gasteiger partial charge in [0.25, 0.3) is 0 Å². The second kappa shape index (κ2) is 5.86. The Bertz CT molecular complexity index is 381. The second-order valence-electron chi connectivity index (χ2n) is 3.83. The van der Waals surface area contributed by atoms with Crippen molar-refractivity contribution in [1.82, 2.24) is 5.32 Å². The average molecular weight is 243 g/mol. The smallest absolute Gasteiger partial charge is 0.123 e. The van der Waals surface area contributed by atoms with Crippen molar-refractivity contribution in [3.63, 3.8) is 0 Å². The van der Waals surface area contributed by atoms with E-state index in [1.807, 2.05) is 6.92 Å². The number of hydrogen-bond acceptors (Lipinski definition) is 4. The fraction of sp³-hybridized carbons (Fsp3) is 0.455. The number of phenols is 2. The van der Waals surface area contributed by atoms with Crippen molar-refractivity contribution in [3.05, 3.63) is 23.8 Å². The summed E-state index contributed by atoms with van der Waals surface area (Å²) in [7, 11) is -0.828. The fourth-order valence-electron chi connectivity index (χ4n) is 1.40. The van der Waals surface area contributed by atoms with E-state index in [1.54, 1.807) is 12.3 Å². The van der Waals surface area contributed by atoms with Crippen LogP contribution in [0.3, 0.4) is 0 Å². The second-order valence-corrected chi connectivity index (χ2v) is 5.31. The molecule has 2 unspecified atom stereocenters. The normalized spacial score (nSPS) is 14.6. The van der Waals surface area contributed by atoms with Gasteiger partial charge in [0.15, 0.2) is 0 Å². The van der Waals surface area contributed by atoms with Crippen molar-refractivity contribution >= 4 is 10.8 Å². The molecule has 1 aromatic rings. The molecule has 1 aromatic carbocycles. The molecule has 90 valence electrons. The molecule has 0 radical (unpaired) electrons. The van der Waals surface area contributed by atoms with Gasteiger partial charge >= 0.3 is 0 Å². The molecule has 0 aromatic heterocycles. The predicted octanol–water partition coefficient (Wildman–Crippen LogP) is 0.954. The molecule has 0 aliphatic heterocycles. The minimum Gasteiger partial charge on any atom is -0.508 e. The number of phenolic OH excluding ortho intramolecular Hbond substituents is 2. The third-order valence-electron chi connectivity index (χ3n) is 2.19. The lowest BCUT2D eigenvalue weighted by Crippen LogP contribution is -2.30. The Kier molecular flexibility index (Phi) is 4.76. The zero-order valence-electron chi connectivity index (χ0n) is 9.43. The molecular formula is C11H17NO3S. The summed E-state index contributed by atoms with van der Waals surface area (Å²) >= 11 is 0. The van der Waals surface area contributed by atoms with Crippen LogP contribution < -0.4 is 5.32 Å². The van der Waals surface area contributed by atoms with Gasteiger partial charge < -0.3 is 15.5 Å². The largest absolute Gasteiger partial charge is 0.508 e.